The van der Waals surface area contributed by atoms with Crippen molar-refractivity contribution in [3.05, 3.63) is 22.8 Å². The summed E-state index contributed by atoms with van der Waals surface area (Å²) in [4.78, 5) is -0.0571. The van der Waals surface area contributed by atoms with Gasteiger partial charge in [-0.3, -0.25) is 4.55 Å². The summed E-state index contributed by atoms with van der Waals surface area (Å²) in [5.41, 5.74) is 1.93. The minimum atomic E-state index is -4.16. The highest BCUT2D eigenvalue weighted by atomic mass is 32.2. The molecule has 0 saturated carbocycles. The maximum Gasteiger partial charge on any atom is 0.294 e. The van der Waals surface area contributed by atoms with E-state index >= 15 is 0 Å². The molecule has 0 aliphatic carbocycles. The summed E-state index contributed by atoms with van der Waals surface area (Å²) < 4.78 is 36.3. The van der Waals surface area contributed by atoms with E-state index in [1.54, 1.807) is 20.8 Å². The first-order chi connectivity index (χ1) is 6.79. The third-order valence-corrected chi connectivity index (χ3v) is 3.44. The van der Waals surface area contributed by atoms with Crippen LogP contribution in [0, 0.1) is 20.8 Å². The second-order valence-corrected chi connectivity index (χ2v) is 4.84. The van der Waals surface area contributed by atoms with Crippen molar-refractivity contribution in [2.24, 2.45) is 0 Å². The Balaban J connectivity index is 3.62. The standard InChI is InChI=1S/C10H14O4S/c1-6-5-9(15(11,12)13)7(2)8(3)10(6)14-4/h5H,1-4H3,(H,11,12,13). The van der Waals surface area contributed by atoms with Gasteiger partial charge in [-0.05, 0) is 43.5 Å². The summed E-state index contributed by atoms with van der Waals surface area (Å²) >= 11 is 0. The van der Waals surface area contributed by atoms with Crippen LogP contribution >= 0.6 is 0 Å². The predicted molar refractivity (Wildman–Crippen MR) is 57.0 cm³/mol. The number of hydrogen-bond acceptors (Lipinski definition) is 3. The van der Waals surface area contributed by atoms with E-state index in [4.69, 9.17) is 9.29 Å². The molecule has 0 atom stereocenters. The van der Waals surface area contributed by atoms with E-state index in [0.717, 1.165) is 5.56 Å². The Morgan fingerprint density at radius 1 is 1.20 bits per heavy atom. The van der Waals surface area contributed by atoms with Crippen molar-refractivity contribution in [2.75, 3.05) is 7.11 Å². The first kappa shape index (κ1) is 12.0. The van der Waals surface area contributed by atoms with Gasteiger partial charge in [0.05, 0.1) is 12.0 Å². The average Bonchev–Trinajstić information content (AvgIpc) is 2.10. The Labute approximate surface area is 89.6 Å². The third kappa shape index (κ3) is 2.13. The van der Waals surface area contributed by atoms with E-state index < -0.39 is 10.1 Å². The highest BCUT2D eigenvalue weighted by Gasteiger charge is 2.18. The monoisotopic (exact) mass is 230 g/mol. The maximum atomic E-state index is 11.1. The van der Waals surface area contributed by atoms with Crippen LogP contribution in [0.25, 0.3) is 0 Å². The number of aryl methyl sites for hydroxylation is 1. The Morgan fingerprint density at radius 3 is 2.13 bits per heavy atom. The van der Waals surface area contributed by atoms with E-state index in [9.17, 15) is 8.42 Å². The van der Waals surface area contributed by atoms with Crippen molar-refractivity contribution in [1.29, 1.82) is 0 Å². The van der Waals surface area contributed by atoms with Crippen LogP contribution in [0.1, 0.15) is 16.7 Å². The fourth-order valence-corrected chi connectivity index (χ4v) is 2.47. The van der Waals surface area contributed by atoms with Crippen LogP contribution in [0.2, 0.25) is 0 Å². The number of methoxy groups -OCH3 is 1. The van der Waals surface area contributed by atoms with Crippen molar-refractivity contribution in [3.63, 3.8) is 0 Å². The molecular weight excluding hydrogens is 216 g/mol. The lowest BCUT2D eigenvalue weighted by Crippen LogP contribution is -2.05. The summed E-state index contributed by atoms with van der Waals surface area (Å²) in [7, 11) is -2.63. The van der Waals surface area contributed by atoms with Crippen molar-refractivity contribution in [2.45, 2.75) is 25.7 Å². The molecule has 1 rings (SSSR count). The lowest BCUT2D eigenvalue weighted by molar-refractivity contribution is 0.407. The molecule has 1 N–H and O–H groups in total. The molecule has 0 spiro atoms. The van der Waals surface area contributed by atoms with Crippen LogP contribution in [0.4, 0.5) is 0 Å². The highest BCUT2D eigenvalue weighted by molar-refractivity contribution is 7.85. The van der Waals surface area contributed by atoms with Crippen molar-refractivity contribution < 1.29 is 17.7 Å². The van der Waals surface area contributed by atoms with Crippen molar-refractivity contribution in [3.8, 4) is 5.75 Å². The van der Waals surface area contributed by atoms with E-state index in [0.29, 0.717) is 16.9 Å². The molecule has 0 bridgehead atoms. The van der Waals surface area contributed by atoms with E-state index in [1.165, 1.54) is 13.2 Å². The fourth-order valence-electron chi connectivity index (χ4n) is 1.60. The van der Waals surface area contributed by atoms with Crippen LogP contribution in [-0.2, 0) is 10.1 Å². The molecule has 0 radical (unpaired) electrons. The molecule has 1 aromatic rings. The average molecular weight is 230 g/mol. The summed E-state index contributed by atoms with van der Waals surface area (Å²) in [6.45, 7) is 5.14. The number of benzene rings is 1. The smallest absolute Gasteiger partial charge is 0.294 e. The van der Waals surface area contributed by atoms with Gasteiger partial charge in [-0.1, -0.05) is 0 Å². The molecule has 0 heterocycles. The van der Waals surface area contributed by atoms with Gasteiger partial charge in [0.2, 0.25) is 0 Å². The second kappa shape index (κ2) is 3.83. The van der Waals surface area contributed by atoms with Gasteiger partial charge in [0.15, 0.2) is 0 Å². The molecule has 84 valence electrons. The van der Waals surface area contributed by atoms with Gasteiger partial charge in [0.1, 0.15) is 5.75 Å². The largest absolute Gasteiger partial charge is 0.496 e. The van der Waals surface area contributed by atoms with Crippen LogP contribution in [0.5, 0.6) is 5.75 Å². The summed E-state index contributed by atoms with van der Waals surface area (Å²) in [5.74, 6) is 0.653. The van der Waals surface area contributed by atoms with Crippen LogP contribution in [-0.4, -0.2) is 20.1 Å². The number of hydrogen-bond donors (Lipinski definition) is 1. The van der Waals surface area contributed by atoms with Gasteiger partial charge >= 0.3 is 0 Å². The molecule has 0 aliphatic rings. The summed E-state index contributed by atoms with van der Waals surface area (Å²) in [5, 5.41) is 0. The third-order valence-electron chi connectivity index (χ3n) is 2.46. The van der Waals surface area contributed by atoms with Gasteiger partial charge in [-0.25, -0.2) is 0 Å². The minimum absolute atomic E-state index is 0.0571. The van der Waals surface area contributed by atoms with Crippen LogP contribution in [0.3, 0.4) is 0 Å². The molecule has 0 saturated heterocycles. The van der Waals surface area contributed by atoms with Gasteiger partial charge < -0.3 is 4.74 Å². The molecule has 15 heavy (non-hydrogen) atoms. The molecule has 1 aromatic carbocycles. The lowest BCUT2D eigenvalue weighted by Gasteiger charge is -2.13. The molecule has 0 fully saturated rings. The Hall–Kier alpha value is -1.07. The summed E-state index contributed by atoms with van der Waals surface area (Å²) in [6.07, 6.45) is 0. The lowest BCUT2D eigenvalue weighted by atomic mass is 10.1. The summed E-state index contributed by atoms with van der Waals surface area (Å²) in [6, 6.07) is 1.41. The predicted octanol–water partition coefficient (Wildman–Crippen LogP) is 1.87. The minimum Gasteiger partial charge on any atom is -0.496 e. The number of ether oxygens (including phenoxy) is 1. The first-order valence-corrected chi connectivity index (χ1v) is 5.85. The molecular formula is C10H14O4S. The zero-order chi connectivity index (χ0) is 11.8. The zero-order valence-corrected chi connectivity index (χ0v) is 9.97. The number of rotatable bonds is 2. The molecule has 0 aliphatic heterocycles. The first-order valence-electron chi connectivity index (χ1n) is 4.41. The molecule has 0 aromatic heterocycles. The normalized spacial score (nSPS) is 11.5. The van der Waals surface area contributed by atoms with E-state index in [2.05, 4.69) is 0 Å². The van der Waals surface area contributed by atoms with E-state index in [1.807, 2.05) is 0 Å². The van der Waals surface area contributed by atoms with Crippen LogP contribution in [0.15, 0.2) is 11.0 Å². The van der Waals surface area contributed by atoms with Gasteiger partial charge in [-0.15, -0.1) is 0 Å². The fraction of sp³-hybridized carbons (Fsp3) is 0.400. The Morgan fingerprint density at radius 2 is 1.73 bits per heavy atom. The molecule has 0 amide bonds. The van der Waals surface area contributed by atoms with Crippen molar-refractivity contribution in [1.82, 2.24) is 0 Å². The quantitative estimate of drug-likeness (QED) is 0.788. The van der Waals surface area contributed by atoms with Gasteiger partial charge in [-0.2, -0.15) is 8.42 Å². The Kier molecular flexibility index (Phi) is 3.06. The Bertz CT molecular complexity index is 489. The van der Waals surface area contributed by atoms with Gasteiger partial charge in [0, 0.05) is 0 Å². The molecule has 5 heteroatoms. The van der Waals surface area contributed by atoms with Gasteiger partial charge in [0.25, 0.3) is 10.1 Å². The highest BCUT2D eigenvalue weighted by Crippen LogP contribution is 2.30. The van der Waals surface area contributed by atoms with E-state index in [-0.39, 0.29) is 4.90 Å². The van der Waals surface area contributed by atoms with Crippen LogP contribution < -0.4 is 4.74 Å². The molecule has 4 nitrogen and oxygen atoms in total. The molecule has 0 unspecified atom stereocenters. The SMILES string of the molecule is COc1c(C)cc(S(=O)(=O)O)c(C)c1C. The maximum absolute atomic E-state index is 11.1. The zero-order valence-electron chi connectivity index (χ0n) is 9.16. The van der Waals surface area contributed by atoms with Crippen molar-refractivity contribution >= 4 is 10.1 Å². The topological polar surface area (TPSA) is 63.6 Å². The second-order valence-electron chi connectivity index (χ2n) is 3.45.